The zero-order valence-corrected chi connectivity index (χ0v) is 14.3. The lowest BCUT2D eigenvalue weighted by molar-refractivity contribution is -0.113. The molecule has 2 atom stereocenters. The highest BCUT2D eigenvalue weighted by molar-refractivity contribution is 6.42. The Kier molecular flexibility index (Phi) is 4.48. The summed E-state index contributed by atoms with van der Waals surface area (Å²) in [4.78, 5) is 18.3. The van der Waals surface area contributed by atoms with E-state index in [9.17, 15) is 10.1 Å². The lowest BCUT2D eigenvalue weighted by Crippen LogP contribution is -2.24. The van der Waals surface area contributed by atoms with Crippen LogP contribution in [0.25, 0.3) is 0 Å². The molecule has 2 aliphatic heterocycles. The van der Waals surface area contributed by atoms with Crippen molar-refractivity contribution < 1.29 is 9.63 Å². The van der Waals surface area contributed by atoms with Crippen molar-refractivity contribution in [1.82, 2.24) is 14.8 Å². The van der Waals surface area contributed by atoms with Gasteiger partial charge in [0.2, 0.25) is 5.78 Å². The first-order chi connectivity index (χ1) is 12.8. The fraction of sp³-hybridized carbons (Fsp3) is 0.421. The van der Waals surface area contributed by atoms with Gasteiger partial charge in [0.25, 0.3) is 0 Å². The zero-order chi connectivity index (χ0) is 17.9. The number of hydrogen-bond acceptors (Lipinski definition) is 6. The summed E-state index contributed by atoms with van der Waals surface area (Å²) in [6, 6.07) is 11.7. The van der Waals surface area contributed by atoms with Crippen molar-refractivity contribution in [3.05, 3.63) is 47.5 Å². The summed E-state index contributed by atoms with van der Waals surface area (Å²) in [7, 11) is 0. The van der Waals surface area contributed by atoms with E-state index in [1.165, 1.54) is 0 Å². The van der Waals surface area contributed by atoms with Gasteiger partial charge in [0.1, 0.15) is 11.5 Å². The van der Waals surface area contributed by atoms with Gasteiger partial charge in [0.05, 0.1) is 6.07 Å². The second-order valence-electron chi connectivity index (χ2n) is 6.61. The van der Waals surface area contributed by atoms with Gasteiger partial charge >= 0.3 is 0 Å². The van der Waals surface area contributed by atoms with Crippen molar-refractivity contribution in [2.75, 3.05) is 0 Å². The minimum atomic E-state index is -0.994. The summed E-state index contributed by atoms with van der Waals surface area (Å²) in [5.41, 5.74) is 1.25. The first-order valence-electron chi connectivity index (χ1n) is 8.91. The SMILES string of the molecule is N#C[C@@H](C(=O)C1=NO[C@H](c2ccccc2)C1)c1nnc2n1CCCCC2. The molecule has 0 aliphatic carbocycles. The highest BCUT2D eigenvalue weighted by Gasteiger charge is 2.35. The fourth-order valence-electron chi connectivity index (χ4n) is 3.49. The van der Waals surface area contributed by atoms with Crippen LogP contribution in [-0.4, -0.2) is 26.3 Å². The number of carbonyl (C=O) groups excluding carboxylic acids is 1. The normalized spacial score (nSPS) is 20.3. The van der Waals surface area contributed by atoms with E-state index in [-0.39, 0.29) is 17.6 Å². The van der Waals surface area contributed by atoms with E-state index >= 15 is 0 Å². The lowest BCUT2D eigenvalue weighted by Gasteiger charge is -2.11. The maximum absolute atomic E-state index is 12.9. The molecular weight excluding hydrogens is 330 g/mol. The number of oxime groups is 1. The number of benzene rings is 1. The average molecular weight is 349 g/mol. The molecule has 0 spiro atoms. The van der Waals surface area contributed by atoms with E-state index in [4.69, 9.17) is 4.84 Å². The van der Waals surface area contributed by atoms with Crippen molar-refractivity contribution in [2.24, 2.45) is 5.16 Å². The molecule has 1 aromatic heterocycles. The molecule has 2 aliphatic rings. The van der Waals surface area contributed by atoms with Gasteiger partial charge in [-0.2, -0.15) is 5.26 Å². The van der Waals surface area contributed by atoms with Gasteiger partial charge in [-0.25, -0.2) is 0 Å². The number of nitriles is 1. The van der Waals surface area contributed by atoms with Crippen LogP contribution in [-0.2, 0) is 22.6 Å². The van der Waals surface area contributed by atoms with Gasteiger partial charge in [0.15, 0.2) is 17.8 Å². The van der Waals surface area contributed by atoms with Crippen molar-refractivity contribution in [1.29, 1.82) is 5.26 Å². The van der Waals surface area contributed by atoms with Crippen LogP contribution in [0.2, 0.25) is 0 Å². The van der Waals surface area contributed by atoms with Gasteiger partial charge in [0, 0.05) is 19.4 Å². The number of carbonyl (C=O) groups is 1. The van der Waals surface area contributed by atoms with Crippen LogP contribution in [0.1, 0.15) is 54.9 Å². The Bertz CT molecular complexity index is 881. The number of nitrogens with zero attached hydrogens (tertiary/aromatic N) is 5. The Hall–Kier alpha value is -3.01. The molecule has 0 bridgehead atoms. The van der Waals surface area contributed by atoms with Gasteiger partial charge < -0.3 is 9.40 Å². The quantitative estimate of drug-likeness (QED) is 0.846. The Labute approximate surface area is 151 Å². The molecular formula is C19H19N5O2. The predicted octanol–water partition coefficient (Wildman–Crippen LogP) is 2.70. The van der Waals surface area contributed by atoms with Crippen molar-refractivity contribution in [3.63, 3.8) is 0 Å². The summed E-state index contributed by atoms with van der Waals surface area (Å²) in [5.74, 6) is -0.0471. The summed E-state index contributed by atoms with van der Waals surface area (Å²) >= 11 is 0. The number of fused-ring (bicyclic) bond motifs is 1. The third kappa shape index (κ3) is 2.99. The molecule has 1 aromatic carbocycles. The van der Waals surface area contributed by atoms with E-state index in [0.29, 0.717) is 12.2 Å². The monoisotopic (exact) mass is 349 g/mol. The molecule has 2 aromatic rings. The van der Waals surface area contributed by atoms with Gasteiger partial charge in [-0.05, 0) is 18.4 Å². The van der Waals surface area contributed by atoms with Crippen LogP contribution in [0.5, 0.6) is 0 Å². The Balaban J connectivity index is 1.54. The van der Waals surface area contributed by atoms with Crippen LogP contribution >= 0.6 is 0 Å². The second kappa shape index (κ2) is 7.08. The molecule has 4 rings (SSSR count). The Morgan fingerprint density at radius 3 is 2.88 bits per heavy atom. The number of ketones is 1. The minimum absolute atomic E-state index is 0.287. The van der Waals surface area contributed by atoms with E-state index < -0.39 is 5.92 Å². The third-order valence-electron chi connectivity index (χ3n) is 4.91. The molecule has 0 radical (unpaired) electrons. The summed E-state index contributed by atoms with van der Waals surface area (Å²) < 4.78 is 1.93. The summed E-state index contributed by atoms with van der Waals surface area (Å²) in [5, 5.41) is 21.9. The van der Waals surface area contributed by atoms with Crippen LogP contribution in [0.3, 0.4) is 0 Å². The molecule has 7 nitrogen and oxygen atoms in total. The predicted molar refractivity (Wildman–Crippen MR) is 93.3 cm³/mol. The van der Waals surface area contributed by atoms with E-state index in [0.717, 1.165) is 43.6 Å². The van der Waals surface area contributed by atoms with Crippen LogP contribution in [0.4, 0.5) is 0 Å². The molecule has 0 fully saturated rings. The van der Waals surface area contributed by atoms with Gasteiger partial charge in [-0.3, -0.25) is 4.79 Å². The van der Waals surface area contributed by atoms with Gasteiger partial charge in [-0.15, -0.1) is 10.2 Å². The molecule has 0 unspecified atom stereocenters. The smallest absolute Gasteiger partial charge is 0.205 e. The summed E-state index contributed by atoms with van der Waals surface area (Å²) in [6.07, 6.45) is 4.09. The molecule has 0 amide bonds. The van der Waals surface area contributed by atoms with Crippen molar-refractivity contribution in [2.45, 2.75) is 50.7 Å². The van der Waals surface area contributed by atoms with Crippen molar-refractivity contribution in [3.8, 4) is 6.07 Å². The number of hydrogen-bond donors (Lipinski definition) is 0. The zero-order valence-electron chi connectivity index (χ0n) is 14.3. The van der Waals surface area contributed by atoms with E-state index in [1.54, 1.807) is 0 Å². The lowest BCUT2D eigenvalue weighted by atomic mass is 9.95. The topological polar surface area (TPSA) is 93.2 Å². The molecule has 7 heteroatoms. The Morgan fingerprint density at radius 1 is 1.23 bits per heavy atom. The van der Waals surface area contributed by atoms with Crippen LogP contribution < -0.4 is 0 Å². The third-order valence-corrected chi connectivity index (χ3v) is 4.91. The van der Waals surface area contributed by atoms with E-state index in [2.05, 4.69) is 21.4 Å². The first-order valence-corrected chi connectivity index (χ1v) is 8.91. The fourth-order valence-corrected chi connectivity index (χ4v) is 3.49. The van der Waals surface area contributed by atoms with E-state index in [1.807, 2.05) is 34.9 Å². The maximum Gasteiger partial charge on any atom is 0.205 e. The molecule has 0 saturated heterocycles. The molecule has 0 N–H and O–H groups in total. The molecule has 26 heavy (non-hydrogen) atoms. The summed E-state index contributed by atoms with van der Waals surface area (Å²) in [6.45, 7) is 0.749. The highest BCUT2D eigenvalue weighted by Crippen LogP contribution is 2.30. The van der Waals surface area contributed by atoms with Gasteiger partial charge in [-0.1, -0.05) is 41.9 Å². The molecule has 132 valence electrons. The van der Waals surface area contributed by atoms with Crippen LogP contribution in [0.15, 0.2) is 35.5 Å². The van der Waals surface area contributed by atoms with Crippen LogP contribution in [0, 0.1) is 11.3 Å². The Morgan fingerprint density at radius 2 is 2.08 bits per heavy atom. The molecule has 3 heterocycles. The van der Waals surface area contributed by atoms with Crippen molar-refractivity contribution >= 4 is 11.5 Å². The second-order valence-corrected chi connectivity index (χ2v) is 6.61. The standard InChI is InChI=1S/C19H19N5O2/c20-12-14(19-22-21-17-9-5-2-6-10-24(17)19)18(25)15-11-16(26-23-15)13-7-3-1-4-8-13/h1,3-4,7-8,14,16H,2,5-6,9-11H2/t14-,16-/m0/s1. The number of aromatic nitrogens is 3. The minimum Gasteiger partial charge on any atom is -0.387 e. The first kappa shape index (κ1) is 16.5. The largest absolute Gasteiger partial charge is 0.387 e. The molecule has 0 saturated carbocycles. The highest BCUT2D eigenvalue weighted by atomic mass is 16.6. The number of aryl methyl sites for hydroxylation is 1. The average Bonchev–Trinajstić information content (AvgIpc) is 3.25. The maximum atomic E-state index is 12.9. The number of Topliss-reactive ketones (excluding diaryl/α,β-unsaturated/α-hetero) is 1. The number of rotatable bonds is 4.